The van der Waals surface area contributed by atoms with E-state index in [4.69, 9.17) is 28.4 Å². The summed E-state index contributed by atoms with van der Waals surface area (Å²) in [5.74, 6) is -10.3. The molecular weight excluding hydrogens is 1010 g/mol. The molecule has 3 aromatic carbocycles. The molecule has 3 aromatic rings. The molecule has 78 heavy (non-hydrogen) atoms. The van der Waals surface area contributed by atoms with Gasteiger partial charge in [-0.3, -0.25) is 43.3 Å². The number of imide groups is 1. The van der Waals surface area contributed by atoms with Crippen LogP contribution in [0.15, 0.2) is 114 Å². The van der Waals surface area contributed by atoms with E-state index < -0.39 is 149 Å². The van der Waals surface area contributed by atoms with E-state index in [2.05, 4.69) is 10.6 Å². The zero-order chi connectivity index (χ0) is 56.5. The fourth-order valence-corrected chi connectivity index (χ4v) is 11.7. The highest BCUT2D eigenvalue weighted by atomic mass is 16.6. The van der Waals surface area contributed by atoms with Crippen LogP contribution in [-0.2, 0) is 66.8 Å². The molecule has 11 atom stereocenters. The van der Waals surface area contributed by atoms with Gasteiger partial charge in [0.15, 0.2) is 17.5 Å². The van der Waals surface area contributed by atoms with Gasteiger partial charge in [0.25, 0.3) is 17.7 Å². The molecule has 2 saturated carbocycles. The Morgan fingerprint density at radius 1 is 0.795 bits per heavy atom. The second-order valence-corrected chi connectivity index (χ2v) is 20.8. The zero-order valence-corrected chi connectivity index (χ0v) is 43.8. The first kappa shape index (κ1) is 56.3. The Labute approximate surface area is 448 Å². The third kappa shape index (κ3) is 10.5. The SMILES string of the molecule is CC(=O)O[C@H]1C(=O)[C@@]2(C)[C@H]([C@H](OC(=O)c3ccccc3)[C@]3(O)C[C@H](OC(=O)[C@H](OC(=O)CCC(=O)NCCN4C(=O)C=CC4=O)[C@@H](NC(=O)c4ccccc4)c4ccccc4)C(C)=C1C3(C)C)[C@@]1(OC(C)=O)CO[C@@H]1C[C@@H]2O. The first-order valence-electron chi connectivity index (χ1n) is 25.5. The quantitative estimate of drug-likeness (QED) is 0.0654. The number of benzene rings is 3. The van der Waals surface area contributed by atoms with Crippen LogP contribution < -0.4 is 10.6 Å². The van der Waals surface area contributed by atoms with Crippen LogP contribution in [0.4, 0.5) is 0 Å². The Hall–Kier alpha value is -7.88. The largest absolute Gasteiger partial charge is 0.455 e. The van der Waals surface area contributed by atoms with E-state index in [9.17, 15) is 48.6 Å². The highest BCUT2D eigenvalue weighted by Gasteiger charge is 2.78. The monoisotopic (exact) mass is 1080 g/mol. The van der Waals surface area contributed by atoms with Gasteiger partial charge in [-0.05, 0) is 54.8 Å². The molecule has 412 valence electrons. The van der Waals surface area contributed by atoms with Crippen molar-refractivity contribution in [1.29, 1.82) is 0 Å². The van der Waals surface area contributed by atoms with Crippen LogP contribution in [0, 0.1) is 16.7 Å². The summed E-state index contributed by atoms with van der Waals surface area (Å²) in [5.41, 5.74) is -7.94. The van der Waals surface area contributed by atoms with E-state index in [-0.39, 0.29) is 54.0 Å². The number of esters is 5. The summed E-state index contributed by atoms with van der Waals surface area (Å²) >= 11 is 0. The van der Waals surface area contributed by atoms with Gasteiger partial charge in [-0.1, -0.05) is 80.6 Å². The predicted molar refractivity (Wildman–Crippen MR) is 270 cm³/mol. The lowest BCUT2D eigenvalue weighted by molar-refractivity contribution is -0.346. The summed E-state index contributed by atoms with van der Waals surface area (Å²) < 4.78 is 36.7. The average molecular weight is 1080 g/mol. The second-order valence-electron chi connectivity index (χ2n) is 20.8. The number of nitrogens with zero attached hydrogens (tertiary/aromatic N) is 1. The maximum absolute atomic E-state index is 15.8. The minimum Gasteiger partial charge on any atom is -0.455 e. The smallest absolute Gasteiger partial charge is 0.350 e. The van der Waals surface area contributed by atoms with Crippen molar-refractivity contribution in [2.24, 2.45) is 16.7 Å². The van der Waals surface area contributed by atoms with E-state index in [1.165, 1.54) is 52.0 Å². The molecular formula is C57H61N3O18. The topological polar surface area (TPSA) is 294 Å². The molecule has 0 radical (unpaired) electrons. The lowest BCUT2D eigenvalue weighted by Crippen LogP contribution is -2.82. The lowest BCUT2D eigenvalue weighted by atomic mass is 9.44. The maximum Gasteiger partial charge on any atom is 0.350 e. The molecule has 21 heteroatoms. The minimum atomic E-state index is -2.53. The number of amides is 4. The molecule has 0 spiro atoms. The van der Waals surface area contributed by atoms with E-state index in [1.54, 1.807) is 66.7 Å². The molecule has 4 N–H and O–H groups in total. The molecule has 1 saturated heterocycles. The number of carbonyl (C=O) groups excluding carboxylic acids is 10. The van der Waals surface area contributed by atoms with Crippen molar-refractivity contribution < 1.29 is 86.6 Å². The number of carbonyl (C=O) groups is 10. The molecule has 0 aromatic heterocycles. The third-order valence-electron chi connectivity index (χ3n) is 15.8. The molecule has 5 aliphatic rings. The molecule has 3 aliphatic carbocycles. The molecule has 21 nitrogen and oxygen atoms in total. The molecule has 0 unspecified atom stereocenters. The summed E-state index contributed by atoms with van der Waals surface area (Å²) in [6.45, 7) is 7.36. The highest BCUT2D eigenvalue weighted by Crippen LogP contribution is 2.64. The van der Waals surface area contributed by atoms with Gasteiger partial charge in [0.05, 0.1) is 36.0 Å². The van der Waals surface area contributed by atoms with Crippen LogP contribution in [0.25, 0.3) is 0 Å². The van der Waals surface area contributed by atoms with Crippen molar-refractivity contribution in [1.82, 2.24) is 15.5 Å². The fraction of sp³-hybridized carbons (Fsp3) is 0.439. The van der Waals surface area contributed by atoms with Crippen LogP contribution in [0.1, 0.15) is 99.5 Å². The van der Waals surface area contributed by atoms with Gasteiger partial charge in [0.2, 0.25) is 12.0 Å². The average Bonchev–Trinajstić information content (AvgIpc) is 3.28. The molecule has 4 amide bonds. The molecule has 2 heterocycles. The highest BCUT2D eigenvalue weighted by molar-refractivity contribution is 6.13. The summed E-state index contributed by atoms with van der Waals surface area (Å²) in [7, 11) is 0. The minimum absolute atomic E-state index is 0.0103. The predicted octanol–water partition coefficient (Wildman–Crippen LogP) is 3.11. The Morgan fingerprint density at radius 2 is 1.40 bits per heavy atom. The Morgan fingerprint density at radius 3 is 1.97 bits per heavy atom. The number of ketones is 1. The first-order valence-corrected chi connectivity index (χ1v) is 25.5. The van der Waals surface area contributed by atoms with Gasteiger partial charge in [-0.2, -0.15) is 0 Å². The van der Waals surface area contributed by atoms with E-state index in [0.717, 1.165) is 30.9 Å². The van der Waals surface area contributed by atoms with E-state index in [1.807, 2.05) is 0 Å². The number of aliphatic hydroxyl groups is 2. The van der Waals surface area contributed by atoms with Crippen molar-refractivity contribution in [2.75, 3.05) is 19.7 Å². The molecule has 2 bridgehead atoms. The molecule has 3 fully saturated rings. The Balaban J connectivity index is 1.22. The number of hydrogen-bond acceptors (Lipinski definition) is 18. The van der Waals surface area contributed by atoms with Gasteiger partial charge < -0.3 is 49.3 Å². The number of rotatable bonds is 17. The first-order chi connectivity index (χ1) is 36.9. The summed E-state index contributed by atoms with van der Waals surface area (Å²) in [5, 5.41) is 31.5. The van der Waals surface area contributed by atoms with Crippen LogP contribution in [0.2, 0.25) is 0 Å². The van der Waals surface area contributed by atoms with Crippen molar-refractivity contribution in [3.8, 4) is 0 Å². The van der Waals surface area contributed by atoms with Gasteiger partial charge >= 0.3 is 29.8 Å². The van der Waals surface area contributed by atoms with Gasteiger partial charge in [-0.15, -0.1) is 0 Å². The Bertz CT molecular complexity index is 2940. The van der Waals surface area contributed by atoms with Crippen LogP contribution >= 0.6 is 0 Å². The summed E-state index contributed by atoms with van der Waals surface area (Å²) in [6, 6.07) is 22.0. The van der Waals surface area contributed by atoms with Crippen molar-refractivity contribution >= 4 is 59.3 Å². The lowest BCUT2D eigenvalue weighted by Gasteiger charge is -2.67. The Kier molecular flexibility index (Phi) is 16.1. The number of fused-ring (bicyclic) bond motifs is 5. The normalized spacial score (nSPS) is 28.5. The van der Waals surface area contributed by atoms with Crippen molar-refractivity contribution in [3.05, 3.63) is 131 Å². The summed E-state index contributed by atoms with van der Waals surface area (Å²) in [4.78, 5) is 138. The number of ether oxygens (including phenoxy) is 6. The number of nitrogens with one attached hydrogen (secondary N) is 2. The van der Waals surface area contributed by atoms with E-state index in [0.29, 0.717) is 0 Å². The van der Waals surface area contributed by atoms with Crippen LogP contribution in [-0.4, -0.2) is 142 Å². The summed E-state index contributed by atoms with van der Waals surface area (Å²) in [6.07, 6.45) is -10.2. The van der Waals surface area contributed by atoms with Gasteiger partial charge in [-0.25, -0.2) is 9.59 Å². The number of Topliss-reactive ketones (excluding diaryl/α,β-unsaturated/α-hetero) is 1. The third-order valence-corrected chi connectivity index (χ3v) is 15.8. The number of hydrogen-bond donors (Lipinski definition) is 4. The maximum atomic E-state index is 15.8. The van der Waals surface area contributed by atoms with Crippen LogP contribution in [0.3, 0.4) is 0 Å². The van der Waals surface area contributed by atoms with E-state index >= 15 is 9.59 Å². The van der Waals surface area contributed by atoms with Gasteiger partial charge in [0, 0.05) is 69.3 Å². The van der Waals surface area contributed by atoms with Crippen molar-refractivity contribution in [3.63, 3.8) is 0 Å². The fourth-order valence-electron chi connectivity index (χ4n) is 11.7. The molecule has 2 aliphatic heterocycles. The van der Waals surface area contributed by atoms with Crippen LogP contribution in [0.5, 0.6) is 0 Å². The van der Waals surface area contributed by atoms with Crippen molar-refractivity contribution in [2.45, 2.75) is 121 Å². The standard InChI is InChI=1S/C57H61N3O18/c1-31-37(75-53(71)47(45(34-16-10-7-11-17-34)59-51(69)35-18-12-8-13-19-35)76-43(67)25-22-40(64)58-26-27-60-41(65)23-24-42(60)66)29-57(72)50(77-52(70)36-20-14-9-15-21-36)48-55(6,38(63)28-39-56(48,30-73-39)78-33(3)62)49(68)46(74-32(2)61)44(31)54(57,4)5/h7-21,23-24,37-39,45-48,50,63,72H,22,25-30H2,1-6H3,(H,58,64)(H,59,69)/t37-,38-,39+,45-,46+,47+,48-,50-,55+,56+,57+/m0/s1. The molecule has 8 rings (SSSR count). The number of aliphatic hydroxyl groups excluding tert-OH is 1. The van der Waals surface area contributed by atoms with Gasteiger partial charge in [0.1, 0.15) is 30.0 Å². The second kappa shape index (κ2) is 22.2. The zero-order valence-electron chi connectivity index (χ0n) is 43.8.